The minimum Gasteiger partial charge on any atom is -0.392 e. The van der Waals surface area contributed by atoms with Crippen LogP contribution in [0, 0.1) is 11.8 Å². The number of nitrogens with zero attached hydrogens (tertiary/aromatic N) is 3. The van der Waals surface area contributed by atoms with E-state index in [9.17, 15) is 9.90 Å². The lowest BCUT2D eigenvalue weighted by Crippen LogP contribution is -2.62. The number of aliphatic hydroxyl groups is 1. The number of carbonyl (C=O) groups is 1. The largest absolute Gasteiger partial charge is 0.392 e. The second kappa shape index (κ2) is 9.51. The van der Waals surface area contributed by atoms with E-state index in [4.69, 9.17) is 10.7 Å². The highest BCUT2D eigenvalue weighted by atomic mass is 16.3. The molecule has 4 rings (SSSR count). The Labute approximate surface area is 190 Å². The lowest BCUT2D eigenvalue weighted by molar-refractivity contribution is -0.130. The number of pyridine rings is 1. The number of aliphatic hydroxyl groups excluding tert-OH is 1. The molecule has 32 heavy (non-hydrogen) atoms. The van der Waals surface area contributed by atoms with Crippen molar-refractivity contribution in [3.05, 3.63) is 59.9 Å². The number of rotatable bonds is 9. The standard InChI is InChI=1S/C26H34N4O2/c1-3-4-11-22(31)20(16-18-13-14-18)24(32)25-26(27,23-12-7-8-15-28-23)30(2)21-10-6-5-9-19(21)17-29-25/h5-10,12,15,17-18,20,22,25,31H,3-4,11,13-14,16,27H2,1-2H3. The summed E-state index contributed by atoms with van der Waals surface area (Å²) in [5, 5.41) is 11.0. The molecule has 4 unspecified atom stereocenters. The summed E-state index contributed by atoms with van der Waals surface area (Å²) in [7, 11) is 1.89. The molecule has 2 aromatic rings. The smallest absolute Gasteiger partial charge is 0.167 e. The van der Waals surface area contributed by atoms with Crippen LogP contribution in [0.25, 0.3) is 0 Å². The molecule has 6 nitrogen and oxygen atoms in total. The summed E-state index contributed by atoms with van der Waals surface area (Å²) in [5.41, 5.74) is 8.23. The van der Waals surface area contributed by atoms with Gasteiger partial charge in [-0.3, -0.25) is 14.8 Å². The van der Waals surface area contributed by atoms with Gasteiger partial charge in [-0.25, -0.2) is 0 Å². The number of hydrogen-bond donors (Lipinski definition) is 2. The highest BCUT2D eigenvalue weighted by Gasteiger charge is 2.50. The van der Waals surface area contributed by atoms with Crippen LogP contribution >= 0.6 is 0 Å². The molecule has 6 heteroatoms. The van der Waals surface area contributed by atoms with Crippen molar-refractivity contribution < 1.29 is 9.90 Å². The van der Waals surface area contributed by atoms with Crippen LogP contribution in [0.3, 0.4) is 0 Å². The average molecular weight is 435 g/mol. The molecule has 1 aromatic carbocycles. The number of benzene rings is 1. The van der Waals surface area contributed by atoms with Gasteiger partial charge in [-0.1, -0.05) is 56.9 Å². The molecule has 1 aliphatic heterocycles. The summed E-state index contributed by atoms with van der Waals surface area (Å²) < 4.78 is 0. The summed E-state index contributed by atoms with van der Waals surface area (Å²) in [5.74, 6) is -0.0612. The van der Waals surface area contributed by atoms with Gasteiger partial charge in [0.15, 0.2) is 17.5 Å². The van der Waals surface area contributed by atoms with Gasteiger partial charge in [0.25, 0.3) is 0 Å². The fraction of sp³-hybridized carbons (Fsp3) is 0.500. The van der Waals surface area contributed by atoms with E-state index in [1.807, 2.05) is 54.4 Å². The second-order valence-electron chi connectivity index (χ2n) is 9.24. The summed E-state index contributed by atoms with van der Waals surface area (Å²) in [6, 6.07) is 12.5. The quantitative estimate of drug-likeness (QED) is 0.628. The predicted octanol–water partition coefficient (Wildman–Crippen LogP) is 3.67. The van der Waals surface area contributed by atoms with Crippen molar-refractivity contribution in [3.63, 3.8) is 0 Å². The van der Waals surface area contributed by atoms with Crippen molar-refractivity contribution >= 4 is 17.7 Å². The van der Waals surface area contributed by atoms with E-state index in [0.717, 1.165) is 36.9 Å². The van der Waals surface area contributed by atoms with Crippen molar-refractivity contribution in [3.8, 4) is 0 Å². The van der Waals surface area contributed by atoms with Crippen molar-refractivity contribution in [1.82, 2.24) is 4.98 Å². The molecule has 3 N–H and O–H groups in total. The van der Waals surface area contributed by atoms with Gasteiger partial charge >= 0.3 is 0 Å². The first-order valence-corrected chi connectivity index (χ1v) is 11.7. The number of aromatic nitrogens is 1. The molecule has 170 valence electrons. The minimum absolute atomic E-state index is 0.0930. The third-order valence-corrected chi connectivity index (χ3v) is 6.94. The number of anilines is 1. The number of aliphatic imine (C=N–C) groups is 1. The average Bonchev–Trinajstić information content (AvgIpc) is 3.65. The number of carbonyl (C=O) groups excluding carboxylic acids is 1. The Morgan fingerprint density at radius 1 is 1.25 bits per heavy atom. The van der Waals surface area contributed by atoms with E-state index < -0.39 is 23.7 Å². The fourth-order valence-electron chi connectivity index (χ4n) is 4.75. The summed E-state index contributed by atoms with van der Waals surface area (Å²) in [6.07, 6.45) is 8.20. The Balaban J connectivity index is 1.77. The summed E-state index contributed by atoms with van der Waals surface area (Å²) in [6.45, 7) is 2.10. The first kappa shape index (κ1) is 22.6. The van der Waals surface area contributed by atoms with Crippen LogP contribution in [-0.4, -0.2) is 41.3 Å². The van der Waals surface area contributed by atoms with Crippen LogP contribution in [0.4, 0.5) is 5.69 Å². The zero-order valence-electron chi connectivity index (χ0n) is 19.0. The van der Waals surface area contributed by atoms with Crippen LogP contribution in [0.2, 0.25) is 0 Å². The van der Waals surface area contributed by atoms with E-state index in [2.05, 4.69) is 11.9 Å². The monoisotopic (exact) mass is 434 g/mol. The Morgan fingerprint density at radius 2 is 2.00 bits per heavy atom. The predicted molar refractivity (Wildman–Crippen MR) is 128 cm³/mol. The van der Waals surface area contributed by atoms with E-state index in [1.165, 1.54) is 0 Å². The highest BCUT2D eigenvalue weighted by molar-refractivity contribution is 5.96. The summed E-state index contributed by atoms with van der Waals surface area (Å²) >= 11 is 0. The van der Waals surface area contributed by atoms with Crippen LogP contribution in [0.15, 0.2) is 53.7 Å². The molecule has 0 amide bonds. The van der Waals surface area contributed by atoms with Gasteiger partial charge in [0.05, 0.1) is 11.8 Å². The molecule has 2 aliphatic rings. The van der Waals surface area contributed by atoms with Crippen molar-refractivity contribution in [2.24, 2.45) is 22.6 Å². The second-order valence-corrected chi connectivity index (χ2v) is 9.24. The molecule has 1 aromatic heterocycles. The van der Waals surface area contributed by atoms with Gasteiger partial charge in [-0.2, -0.15) is 0 Å². The highest BCUT2D eigenvalue weighted by Crippen LogP contribution is 2.41. The lowest BCUT2D eigenvalue weighted by Gasteiger charge is -2.43. The number of ketones is 1. The van der Waals surface area contributed by atoms with Gasteiger partial charge in [-0.15, -0.1) is 0 Å². The third kappa shape index (κ3) is 4.34. The van der Waals surface area contributed by atoms with Crippen LogP contribution < -0.4 is 10.6 Å². The van der Waals surface area contributed by atoms with E-state index in [0.29, 0.717) is 24.5 Å². The van der Waals surface area contributed by atoms with Gasteiger partial charge in [0.1, 0.15) is 0 Å². The van der Waals surface area contributed by atoms with Crippen molar-refractivity contribution in [2.45, 2.75) is 63.3 Å². The number of benzodiazepines with no additional fused rings is 1. The normalized spacial score (nSPS) is 24.5. The fourth-order valence-corrected chi connectivity index (χ4v) is 4.75. The third-order valence-electron chi connectivity index (χ3n) is 6.94. The topological polar surface area (TPSA) is 91.8 Å². The Bertz CT molecular complexity index is 959. The number of fused-ring (bicyclic) bond motifs is 1. The number of unbranched alkanes of at least 4 members (excludes halogenated alkanes) is 1. The Hall–Kier alpha value is -2.57. The molecule has 1 aliphatic carbocycles. The number of hydrogen-bond acceptors (Lipinski definition) is 6. The maximum absolute atomic E-state index is 14.1. The number of likely N-dealkylation sites (N-methyl/N-ethyl adjacent to an activating group) is 1. The number of para-hydroxylation sites is 1. The molecule has 0 spiro atoms. The zero-order valence-corrected chi connectivity index (χ0v) is 19.0. The van der Waals surface area contributed by atoms with Crippen molar-refractivity contribution in [2.75, 3.05) is 11.9 Å². The lowest BCUT2D eigenvalue weighted by atomic mass is 9.80. The molecule has 0 bridgehead atoms. The molecule has 1 saturated carbocycles. The molecule has 4 atom stereocenters. The Morgan fingerprint density at radius 3 is 2.69 bits per heavy atom. The number of Topliss-reactive ketones (excluding diaryl/α,β-unsaturated/α-hetero) is 1. The van der Waals surface area contributed by atoms with Crippen LogP contribution in [-0.2, 0) is 10.5 Å². The first-order valence-electron chi connectivity index (χ1n) is 11.7. The van der Waals surface area contributed by atoms with Crippen molar-refractivity contribution in [1.29, 1.82) is 0 Å². The van der Waals surface area contributed by atoms with E-state index >= 15 is 0 Å². The zero-order chi connectivity index (χ0) is 22.7. The molecular weight excluding hydrogens is 400 g/mol. The van der Waals surface area contributed by atoms with Gasteiger partial charge in [0, 0.05) is 36.6 Å². The molecule has 1 fully saturated rings. The first-order chi connectivity index (χ1) is 15.5. The maximum Gasteiger partial charge on any atom is 0.167 e. The van der Waals surface area contributed by atoms with E-state index in [1.54, 1.807) is 12.4 Å². The molecule has 0 radical (unpaired) electrons. The minimum atomic E-state index is -1.27. The maximum atomic E-state index is 14.1. The van der Waals surface area contributed by atoms with Crippen LogP contribution in [0.1, 0.15) is 56.7 Å². The van der Waals surface area contributed by atoms with Gasteiger partial charge < -0.3 is 15.7 Å². The van der Waals surface area contributed by atoms with Crippen LogP contribution in [0.5, 0.6) is 0 Å². The molecule has 0 saturated heterocycles. The molecular formula is C26H34N4O2. The summed E-state index contributed by atoms with van der Waals surface area (Å²) in [4.78, 5) is 25.3. The Kier molecular flexibility index (Phi) is 6.72. The van der Waals surface area contributed by atoms with Gasteiger partial charge in [-0.05, 0) is 37.0 Å². The number of nitrogens with two attached hydrogens (primary N) is 1. The van der Waals surface area contributed by atoms with E-state index in [-0.39, 0.29) is 5.78 Å². The van der Waals surface area contributed by atoms with Gasteiger partial charge in [0.2, 0.25) is 0 Å². The molecule has 2 heterocycles. The SMILES string of the molecule is CCCCC(O)C(CC1CC1)C(=O)C1N=Cc2ccccc2N(C)C1(N)c1ccccn1.